The first-order chi connectivity index (χ1) is 13.7. The van der Waals surface area contributed by atoms with Crippen LogP contribution in [0.4, 0.5) is 5.82 Å². The number of imidazole rings is 1. The first-order valence-electron chi connectivity index (χ1n) is 9.42. The number of aromatic nitrogens is 2. The lowest BCUT2D eigenvalue weighted by Gasteiger charge is -2.48. The van der Waals surface area contributed by atoms with E-state index in [0.29, 0.717) is 18.1 Å². The van der Waals surface area contributed by atoms with Gasteiger partial charge in [0.2, 0.25) is 0 Å². The molecule has 1 aromatic carbocycles. The van der Waals surface area contributed by atoms with Crippen molar-refractivity contribution in [3.8, 4) is 0 Å². The number of carbonyl (C=O) groups is 1. The molecule has 0 fully saturated rings. The van der Waals surface area contributed by atoms with Gasteiger partial charge in [-0.1, -0.05) is 30.3 Å². The molecule has 3 unspecified atom stereocenters. The number of carboxylic acids is 1. The maximum atomic E-state index is 11.8. The SMILES string of the molecule is CC1(C(=O)O)N=C2c3ncn(CCCc4ccccc4)c3N=CN2C(C)(O)C1O. The van der Waals surface area contributed by atoms with Gasteiger partial charge < -0.3 is 19.9 Å². The summed E-state index contributed by atoms with van der Waals surface area (Å²) in [4.78, 5) is 26.1. The third-order valence-electron chi connectivity index (χ3n) is 5.56. The van der Waals surface area contributed by atoms with E-state index in [1.807, 2.05) is 22.8 Å². The Labute approximate surface area is 167 Å². The average molecular weight is 397 g/mol. The Kier molecular flexibility index (Phi) is 4.51. The Hall–Kier alpha value is -3.04. The molecule has 29 heavy (non-hydrogen) atoms. The molecule has 3 heterocycles. The van der Waals surface area contributed by atoms with Crippen molar-refractivity contribution in [2.45, 2.75) is 50.6 Å². The molecule has 3 N–H and O–H groups in total. The molecule has 152 valence electrons. The predicted octanol–water partition coefficient (Wildman–Crippen LogP) is 1.16. The summed E-state index contributed by atoms with van der Waals surface area (Å²) in [6.07, 6.45) is 3.12. The zero-order chi connectivity index (χ0) is 20.8. The zero-order valence-electron chi connectivity index (χ0n) is 16.2. The van der Waals surface area contributed by atoms with Crippen LogP contribution in [0.15, 0.2) is 46.6 Å². The highest BCUT2D eigenvalue weighted by Gasteiger charge is 2.58. The molecular weight excluding hydrogens is 374 g/mol. The van der Waals surface area contributed by atoms with E-state index in [2.05, 4.69) is 27.1 Å². The van der Waals surface area contributed by atoms with Gasteiger partial charge in [0.25, 0.3) is 0 Å². The minimum Gasteiger partial charge on any atom is -0.479 e. The second-order valence-corrected chi connectivity index (χ2v) is 7.70. The molecule has 0 spiro atoms. The maximum Gasteiger partial charge on any atom is 0.334 e. The van der Waals surface area contributed by atoms with Gasteiger partial charge in [0.05, 0.1) is 6.33 Å². The van der Waals surface area contributed by atoms with Crippen molar-refractivity contribution in [3.05, 3.63) is 47.9 Å². The summed E-state index contributed by atoms with van der Waals surface area (Å²) in [5.74, 6) is -0.603. The van der Waals surface area contributed by atoms with E-state index in [1.54, 1.807) is 6.33 Å². The van der Waals surface area contributed by atoms with Gasteiger partial charge >= 0.3 is 5.97 Å². The number of aliphatic hydroxyl groups excluding tert-OH is 1. The lowest BCUT2D eigenvalue weighted by atomic mass is 9.85. The number of fused-ring (bicyclic) bond motifs is 3. The highest BCUT2D eigenvalue weighted by Crippen LogP contribution is 2.38. The number of nitrogens with zero attached hydrogens (tertiary/aromatic N) is 5. The molecule has 1 aromatic heterocycles. The molecule has 2 aromatic rings. The number of aryl methyl sites for hydroxylation is 2. The summed E-state index contributed by atoms with van der Waals surface area (Å²) < 4.78 is 1.88. The van der Waals surface area contributed by atoms with Crippen LogP contribution < -0.4 is 0 Å². The van der Waals surface area contributed by atoms with Gasteiger partial charge in [-0.25, -0.2) is 19.8 Å². The molecular formula is C20H23N5O4. The number of hydrogen-bond acceptors (Lipinski definition) is 7. The minimum atomic E-state index is -1.91. The Balaban J connectivity index is 1.64. The van der Waals surface area contributed by atoms with Crippen molar-refractivity contribution in [1.29, 1.82) is 0 Å². The van der Waals surface area contributed by atoms with Crippen LogP contribution in [0.5, 0.6) is 0 Å². The standard InChI is InChI=1S/C20H23N5O4/c1-19(18(27)28)17(26)20(2,29)25-12-22-15-14(16(25)23-19)21-11-24(15)10-6-9-13-7-4-3-5-8-13/h3-5,7-8,11-12,17,26,29H,6,9-10H2,1-2H3,(H,27,28). The normalized spacial score (nSPS) is 27.9. The van der Waals surface area contributed by atoms with Crippen molar-refractivity contribution in [1.82, 2.24) is 14.5 Å². The summed E-state index contributed by atoms with van der Waals surface area (Å²) in [6, 6.07) is 10.2. The third-order valence-corrected chi connectivity index (χ3v) is 5.56. The van der Waals surface area contributed by atoms with Crippen LogP contribution >= 0.6 is 0 Å². The molecule has 3 atom stereocenters. The van der Waals surface area contributed by atoms with Crippen molar-refractivity contribution in [2.24, 2.45) is 9.98 Å². The van der Waals surface area contributed by atoms with Gasteiger partial charge in [0.1, 0.15) is 12.4 Å². The Morgan fingerprint density at radius 1 is 1.24 bits per heavy atom. The number of benzene rings is 1. The molecule has 0 amide bonds. The van der Waals surface area contributed by atoms with Crippen molar-refractivity contribution in [3.63, 3.8) is 0 Å². The number of carboxylic acid groups (broad SMARTS) is 1. The van der Waals surface area contributed by atoms with E-state index in [-0.39, 0.29) is 5.84 Å². The molecule has 0 aliphatic carbocycles. The van der Waals surface area contributed by atoms with Crippen molar-refractivity contribution in [2.75, 3.05) is 0 Å². The van der Waals surface area contributed by atoms with E-state index < -0.39 is 23.3 Å². The van der Waals surface area contributed by atoms with Crippen LogP contribution in [-0.2, 0) is 17.8 Å². The molecule has 2 aliphatic heterocycles. The number of amidine groups is 1. The maximum absolute atomic E-state index is 11.8. The number of hydrogen-bond donors (Lipinski definition) is 3. The van der Waals surface area contributed by atoms with Gasteiger partial charge in [0.15, 0.2) is 28.6 Å². The van der Waals surface area contributed by atoms with Crippen LogP contribution in [0.2, 0.25) is 0 Å². The van der Waals surface area contributed by atoms with Crippen LogP contribution in [0.25, 0.3) is 0 Å². The zero-order valence-corrected chi connectivity index (χ0v) is 16.2. The molecule has 0 saturated carbocycles. The van der Waals surface area contributed by atoms with E-state index in [0.717, 1.165) is 12.8 Å². The number of aliphatic hydroxyl groups is 2. The third kappa shape index (κ3) is 3.02. The summed E-state index contributed by atoms with van der Waals surface area (Å²) >= 11 is 0. The summed E-state index contributed by atoms with van der Waals surface area (Å²) in [5, 5.41) is 30.9. The number of aliphatic carboxylic acids is 1. The first-order valence-corrected chi connectivity index (χ1v) is 9.42. The average Bonchev–Trinajstić information content (AvgIpc) is 3.11. The number of aliphatic imine (C=N–C) groups is 2. The van der Waals surface area contributed by atoms with Crippen LogP contribution in [0, 0.1) is 0 Å². The molecule has 0 bridgehead atoms. The monoisotopic (exact) mass is 397 g/mol. The predicted molar refractivity (Wildman–Crippen MR) is 106 cm³/mol. The number of rotatable bonds is 5. The molecule has 0 radical (unpaired) electrons. The summed E-state index contributed by atoms with van der Waals surface area (Å²) in [6.45, 7) is 3.29. The van der Waals surface area contributed by atoms with Gasteiger partial charge in [-0.15, -0.1) is 0 Å². The fourth-order valence-corrected chi connectivity index (χ4v) is 3.76. The lowest BCUT2D eigenvalue weighted by Crippen LogP contribution is -2.69. The summed E-state index contributed by atoms with van der Waals surface area (Å²) in [5.41, 5.74) is -2.18. The van der Waals surface area contributed by atoms with Crippen molar-refractivity contribution < 1.29 is 20.1 Å². The van der Waals surface area contributed by atoms with E-state index >= 15 is 0 Å². The summed E-state index contributed by atoms with van der Waals surface area (Å²) in [7, 11) is 0. The molecule has 9 heteroatoms. The molecule has 2 aliphatic rings. The molecule has 9 nitrogen and oxygen atoms in total. The van der Waals surface area contributed by atoms with E-state index in [9.17, 15) is 20.1 Å². The van der Waals surface area contributed by atoms with Crippen molar-refractivity contribution >= 4 is 24.0 Å². The Morgan fingerprint density at radius 2 is 1.97 bits per heavy atom. The van der Waals surface area contributed by atoms with E-state index in [1.165, 1.54) is 30.6 Å². The second-order valence-electron chi connectivity index (χ2n) is 7.70. The van der Waals surface area contributed by atoms with Crippen LogP contribution in [0.1, 0.15) is 31.5 Å². The van der Waals surface area contributed by atoms with Crippen LogP contribution in [-0.4, -0.2) is 65.3 Å². The largest absolute Gasteiger partial charge is 0.479 e. The molecule has 0 saturated heterocycles. The minimum absolute atomic E-state index is 0.178. The van der Waals surface area contributed by atoms with Gasteiger partial charge in [-0.2, -0.15) is 0 Å². The smallest absolute Gasteiger partial charge is 0.334 e. The van der Waals surface area contributed by atoms with Gasteiger partial charge in [-0.3, -0.25) is 4.90 Å². The van der Waals surface area contributed by atoms with Gasteiger partial charge in [0, 0.05) is 6.54 Å². The fraction of sp³-hybridized carbons (Fsp3) is 0.400. The second kappa shape index (κ2) is 6.78. The fourth-order valence-electron chi connectivity index (χ4n) is 3.76. The highest BCUT2D eigenvalue weighted by molar-refractivity contribution is 6.11. The quantitative estimate of drug-likeness (QED) is 0.696. The van der Waals surface area contributed by atoms with E-state index in [4.69, 9.17) is 0 Å². The molecule has 4 rings (SSSR count). The Bertz CT molecular complexity index is 998. The Morgan fingerprint density at radius 3 is 2.66 bits per heavy atom. The highest BCUT2D eigenvalue weighted by atomic mass is 16.4. The van der Waals surface area contributed by atoms with Crippen LogP contribution in [0.3, 0.4) is 0 Å². The lowest BCUT2D eigenvalue weighted by molar-refractivity contribution is -0.173. The van der Waals surface area contributed by atoms with Gasteiger partial charge in [-0.05, 0) is 32.3 Å². The first kappa shape index (κ1) is 19.3. The topological polar surface area (TPSA) is 124 Å².